The van der Waals surface area contributed by atoms with Crippen LogP contribution in [-0.4, -0.2) is 25.3 Å². The molecule has 0 bridgehead atoms. The number of carbonyl (C=O) groups is 1. The van der Waals surface area contributed by atoms with E-state index < -0.39 is 23.0 Å². The summed E-state index contributed by atoms with van der Waals surface area (Å²) in [5, 5.41) is 9.35. The molecule has 1 aromatic carbocycles. The number of aliphatic carboxylic acids is 1. The molecule has 4 nitrogen and oxygen atoms in total. The highest BCUT2D eigenvalue weighted by molar-refractivity contribution is 5.84. The number of rotatable bonds is 4. The molecule has 0 radical (unpaired) electrons. The quantitative estimate of drug-likeness (QED) is 0.915. The lowest BCUT2D eigenvalue weighted by Gasteiger charge is -2.39. The van der Waals surface area contributed by atoms with E-state index in [-0.39, 0.29) is 29.9 Å². The van der Waals surface area contributed by atoms with Gasteiger partial charge in [-0.3, -0.25) is 4.79 Å². The van der Waals surface area contributed by atoms with E-state index in [0.717, 1.165) is 6.07 Å². The minimum absolute atomic E-state index is 0.0103. The lowest BCUT2D eigenvalue weighted by molar-refractivity contribution is -0.147. The van der Waals surface area contributed by atoms with Crippen molar-refractivity contribution in [3.63, 3.8) is 0 Å². The van der Waals surface area contributed by atoms with E-state index in [9.17, 15) is 18.7 Å². The molecule has 2 rings (SSSR count). The Kier molecular flexibility index (Phi) is 3.34. The van der Waals surface area contributed by atoms with Crippen molar-refractivity contribution in [3.05, 3.63) is 23.3 Å². The van der Waals surface area contributed by atoms with Crippen LogP contribution in [0.4, 0.5) is 8.78 Å². The molecule has 0 aliphatic heterocycles. The van der Waals surface area contributed by atoms with Crippen molar-refractivity contribution in [1.29, 1.82) is 0 Å². The molecule has 1 aliphatic rings. The average molecular weight is 272 g/mol. The van der Waals surface area contributed by atoms with E-state index in [4.69, 9.17) is 9.47 Å². The van der Waals surface area contributed by atoms with E-state index in [0.29, 0.717) is 6.42 Å². The smallest absolute Gasteiger partial charge is 0.314 e. The molecule has 1 saturated carbocycles. The highest BCUT2D eigenvalue weighted by Gasteiger charge is 2.50. The van der Waals surface area contributed by atoms with Crippen molar-refractivity contribution in [3.8, 4) is 11.5 Å². The van der Waals surface area contributed by atoms with E-state index in [1.807, 2.05) is 0 Å². The van der Waals surface area contributed by atoms with E-state index in [1.54, 1.807) is 0 Å². The van der Waals surface area contributed by atoms with Gasteiger partial charge in [-0.2, -0.15) is 0 Å². The van der Waals surface area contributed by atoms with E-state index in [2.05, 4.69) is 0 Å². The Bertz CT molecular complexity index is 524. The molecule has 1 fully saturated rings. The van der Waals surface area contributed by atoms with Gasteiger partial charge in [-0.25, -0.2) is 8.78 Å². The average Bonchev–Trinajstić information content (AvgIpc) is 2.32. The summed E-state index contributed by atoms with van der Waals surface area (Å²) < 4.78 is 37.6. The number of halogens is 2. The third-order valence-electron chi connectivity index (χ3n) is 3.66. The number of methoxy groups -OCH3 is 2. The third-order valence-corrected chi connectivity index (χ3v) is 3.66. The Morgan fingerprint density at radius 2 is 1.95 bits per heavy atom. The van der Waals surface area contributed by atoms with Crippen LogP contribution in [0.3, 0.4) is 0 Å². The Hall–Kier alpha value is -1.85. The van der Waals surface area contributed by atoms with Crippen LogP contribution in [-0.2, 0) is 10.2 Å². The fourth-order valence-corrected chi connectivity index (χ4v) is 2.47. The van der Waals surface area contributed by atoms with Gasteiger partial charge in [0.25, 0.3) is 0 Å². The first-order chi connectivity index (χ1) is 8.97. The van der Waals surface area contributed by atoms with Gasteiger partial charge in [0.15, 0.2) is 23.1 Å². The lowest BCUT2D eigenvalue weighted by Crippen LogP contribution is -2.43. The highest BCUT2D eigenvalue weighted by Crippen LogP contribution is 2.51. The molecule has 0 spiro atoms. The summed E-state index contributed by atoms with van der Waals surface area (Å²) in [7, 11) is 2.56. The SMILES string of the molecule is COc1cc(F)c(F)c(C2(C(=O)O)CCC2)c1OC. The van der Waals surface area contributed by atoms with Crippen LogP contribution in [0.2, 0.25) is 0 Å². The molecular weight excluding hydrogens is 258 g/mol. The minimum atomic E-state index is -1.43. The second-order valence-corrected chi connectivity index (χ2v) is 4.52. The Morgan fingerprint density at radius 3 is 2.32 bits per heavy atom. The van der Waals surface area contributed by atoms with Crippen LogP contribution >= 0.6 is 0 Å². The third kappa shape index (κ3) is 1.82. The predicted octanol–water partition coefficient (Wildman–Crippen LogP) is 2.49. The predicted molar refractivity (Wildman–Crippen MR) is 62.6 cm³/mol. The maximum absolute atomic E-state index is 14.1. The molecule has 1 N–H and O–H groups in total. The Labute approximate surface area is 108 Å². The molecular formula is C13H14F2O4. The monoisotopic (exact) mass is 272 g/mol. The van der Waals surface area contributed by atoms with E-state index >= 15 is 0 Å². The molecule has 6 heteroatoms. The number of ether oxygens (including phenoxy) is 2. The maximum atomic E-state index is 14.1. The molecule has 1 aliphatic carbocycles. The summed E-state index contributed by atoms with van der Waals surface area (Å²) in [5.74, 6) is -3.56. The van der Waals surface area contributed by atoms with Crippen molar-refractivity contribution in [2.75, 3.05) is 14.2 Å². The summed E-state index contributed by atoms with van der Waals surface area (Å²) in [5.41, 5.74) is -1.68. The number of carboxylic acid groups (broad SMARTS) is 1. The Morgan fingerprint density at radius 1 is 1.32 bits per heavy atom. The van der Waals surface area contributed by atoms with Crippen LogP contribution in [0.25, 0.3) is 0 Å². The molecule has 0 unspecified atom stereocenters. The summed E-state index contributed by atoms with van der Waals surface area (Å²) in [6.45, 7) is 0. The van der Waals surface area contributed by atoms with Gasteiger partial charge in [0.1, 0.15) is 0 Å². The molecule has 104 valence electrons. The fourth-order valence-electron chi connectivity index (χ4n) is 2.47. The summed E-state index contributed by atoms with van der Waals surface area (Å²) in [6, 6.07) is 0.853. The van der Waals surface area contributed by atoms with Crippen molar-refractivity contribution >= 4 is 5.97 Å². The molecule has 0 saturated heterocycles. The van der Waals surface area contributed by atoms with Crippen molar-refractivity contribution in [2.24, 2.45) is 0 Å². The lowest BCUT2D eigenvalue weighted by atomic mass is 9.64. The molecule has 0 heterocycles. The van der Waals surface area contributed by atoms with Crippen molar-refractivity contribution in [1.82, 2.24) is 0 Å². The van der Waals surface area contributed by atoms with Crippen molar-refractivity contribution in [2.45, 2.75) is 24.7 Å². The first-order valence-electron chi connectivity index (χ1n) is 5.81. The number of hydrogen-bond donors (Lipinski definition) is 1. The summed E-state index contributed by atoms with van der Waals surface area (Å²) >= 11 is 0. The first-order valence-corrected chi connectivity index (χ1v) is 5.81. The molecule has 19 heavy (non-hydrogen) atoms. The topological polar surface area (TPSA) is 55.8 Å². The molecule has 0 amide bonds. The number of hydrogen-bond acceptors (Lipinski definition) is 3. The van der Waals surface area contributed by atoms with Gasteiger partial charge in [-0.05, 0) is 12.8 Å². The van der Waals surface area contributed by atoms with Crippen LogP contribution in [0.15, 0.2) is 6.07 Å². The highest BCUT2D eigenvalue weighted by atomic mass is 19.2. The van der Waals surface area contributed by atoms with Gasteiger partial charge in [0.05, 0.1) is 25.2 Å². The van der Waals surface area contributed by atoms with Gasteiger partial charge >= 0.3 is 5.97 Å². The van der Waals surface area contributed by atoms with Gasteiger partial charge in [-0.15, -0.1) is 0 Å². The minimum Gasteiger partial charge on any atom is -0.493 e. The maximum Gasteiger partial charge on any atom is 0.314 e. The molecule has 0 atom stereocenters. The molecule has 1 aromatic rings. The fraction of sp³-hybridized carbons (Fsp3) is 0.462. The normalized spacial score (nSPS) is 16.6. The van der Waals surface area contributed by atoms with Crippen LogP contribution in [0, 0.1) is 11.6 Å². The van der Waals surface area contributed by atoms with Crippen LogP contribution in [0.1, 0.15) is 24.8 Å². The number of carboxylic acids is 1. The Balaban J connectivity index is 2.73. The largest absolute Gasteiger partial charge is 0.493 e. The zero-order valence-corrected chi connectivity index (χ0v) is 10.6. The summed E-state index contributed by atoms with van der Waals surface area (Å²) in [4.78, 5) is 11.4. The van der Waals surface area contributed by atoms with Gasteiger partial charge in [0.2, 0.25) is 0 Å². The number of benzene rings is 1. The van der Waals surface area contributed by atoms with Gasteiger partial charge in [-0.1, -0.05) is 6.42 Å². The standard InChI is InChI=1S/C13H14F2O4/c1-18-8-6-7(14)10(15)9(11(8)19-2)13(12(16)17)4-3-5-13/h6H,3-5H2,1-2H3,(H,16,17). The second-order valence-electron chi connectivity index (χ2n) is 4.52. The summed E-state index contributed by atoms with van der Waals surface area (Å²) in [6.07, 6.45) is 1.15. The van der Waals surface area contributed by atoms with Crippen molar-refractivity contribution < 1.29 is 28.2 Å². The zero-order chi connectivity index (χ0) is 14.2. The van der Waals surface area contributed by atoms with E-state index in [1.165, 1.54) is 14.2 Å². The van der Waals surface area contributed by atoms with Gasteiger partial charge < -0.3 is 14.6 Å². The van der Waals surface area contributed by atoms with Crippen LogP contribution in [0.5, 0.6) is 11.5 Å². The van der Waals surface area contributed by atoms with Crippen LogP contribution < -0.4 is 9.47 Å². The first kappa shape index (κ1) is 13.6. The molecule has 0 aromatic heterocycles. The second kappa shape index (κ2) is 4.68. The van der Waals surface area contributed by atoms with Gasteiger partial charge in [0, 0.05) is 6.07 Å². The zero-order valence-electron chi connectivity index (χ0n) is 10.6.